The summed E-state index contributed by atoms with van der Waals surface area (Å²) in [4.78, 5) is 35.9. The third-order valence-electron chi connectivity index (χ3n) is 19.3. The first-order valence-electron chi connectivity index (χ1n) is 25.4. The first-order valence-corrected chi connectivity index (χ1v) is 25.4. The van der Waals surface area contributed by atoms with Gasteiger partial charge in [-0.25, -0.2) is 0 Å². The number of aliphatic hydroxyl groups excluding tert-OH is 3. The van der Waals surface area contributed by atoms with Crippen molar-refractivity contribution in [3.63, 3.8) is 0 Å². The van der Waals surface area contributed by atoms with Crippen LogP contribution in [0.15, 0.2) is 35.1 Å². The van der Waals surface area contributed by atoms with E-state index in [0.717, 1.165) is 56.9 Å². The Kier molecular flexibility index (Phi) is 13.9. The van der Waals surface area contributed by atoms with Crippen molar-refractivity contribution in [1.82, 2.24) is 4.98 Å². The standard InChI is InChI=1S/C53H80N4O8/c1-30(2)14-15-33-23-34(38-29-65-48(62)46(38)36-17-20-56-28-36)10-9-11-35-26-53(64)40-24-42(58)41-25-43(59)44(60)27-52(41,37-12-7-6-8-13-37)39(40)16-18-51(53,19-21-57-49(54)55)47(35)50(5,63)45(61)22-31(3)32(33)4/h17,20,24,28,30-35,37-39,41,43-47,56,59-61,63-64H,6-8,11-16,18-19,21-23,25-27,29H2,1-5H3,(H4,54,55,57). The van der Waals surface area contributed by atoms with Crippen LogP contribution in [0.5, 0.6) is 0 Å². The molecule has 12 heteroatoms. The number of aromatic nitrogens is 1. The van der Waals surface area contributed by atoms with Crippen molar-refractivity contribution in [2.75, 3.05) is 13.2 Å². The number of hydrogen-bond donors (Lipinski definition) is 8. The summed E-state index contributed by atoms with van der Waals surface area (Å²) in [6.45, 7) is 11.1. The third kappa shape index (κ3) is 8.44. The van der Waals surface area contributed by atoms with E-state index in [-0.39, 0.29) is 85.1 Å². The number of nitrogens with two attached hydrogens (primary N) is 2. The number of ketones is 1. The van der Waals surface area contributed by atoms with E-state index in [0.29, 0.717) is 50.0 Å². The number of nitrogens with one attached hydrogen (secondary N) is 1. The molecule has 12 nitrogen and oxygen atoms in total. The van der Waals surface area contributed by atoms with Gasteiger partial charge >= 0.3 is 5.97 Å². The molecule has 0 aromatic carbocycles. The van der Waals surface area contributed by atoms with Crippen molar-refractivity contribution in [3.8, 4) is 11.8 Å². The fourth-order valence-corrected chi connectivity index (χ4v) is 16.0. The van der Waals surface area contributed by atoms with Crippen LogP contribution in [-0.2, 0) is 14.3 Å². The summed E-state index contributed by atoms with van der Waals surface area (Å²) in [5, 5.41) is 62.6. The van der Waals surface area contributed by atoms with E-state index >= 15 is 0 Å². The number of hydrogen-bond acceptors (Lipinski definition) is 9. The zero-order chi connectivity index (χ0) is 46.6. The number of carbonyl (C=O) groups excluding carboxylic acids is 2. The van der Waals surface area contributed by atoms with Gasteiger partial charge in [-0.15, -0.1) is 5.92 Å². The molecule has 1 aliphatic heterocycles. The van der Waals surface area contributed by atoms with E-state index in [4.69, 9.17) is 16.2 Å². The Balaban J connectivity index is 1.26. The van der Waals surface area contributed by atoms with E-state index < -0.39 is 64.0 Å². The number of ether oxygens (including phenoxy) is 1. The van der Waals surface area contributed by atoms with Gasteiger partial charge in [0.15, 0.2) is 11.7 Å². The molecular formula is C53H80N4O8. The van der Waals surface area contributed by atoms with Gasteiger partial charge in [-0.3, -0.25) is 14.6 Å². The molecule has 17 atom stereocenters. The lowest BCUT2D eigenvalue weighted by molar-refractivity contribution is -0.196. The van der Waals surface area contributed by atoms with Gasteiger partial charge in [0, 0.05) is 54.4 Å². The molecule has 4 saturated carbocycles. The lowest BCUT2D eigenvalue weighted by Crippen LogP contribution is -2.66. The third-order valence-corrected chi connectivity index (χ3v) is 19.3. The molecule has 7 aliphatic rings. The number of nitrogens with zero attached hydrogens (tertiary/aromatic N) is 1. The second-order valence-electron chi connectivity index (χ2n) is 23.0. The monoisotopic (exact) mass is 901 g/mol. The topological polar surface area (TPSA) is 225 Å². The van der Waals surface area contributed by atoms with Gasteiger partial charge < -0.3 is 46.7 Å². The molecule has 0 amide bonds. The molecular weight excluding hydrogens is 821 g/mol. The zero-order valence-corrected chi connectivity index (χ0v) is 39.8. The van der Waals surface area contributed by atoms with E-state index in [2.05, 4.69) is 49.5 Å². The Bertz CT molecular complexity index is 2000. The van der Waals surface area contributed by atoms with Crippen LogP contribution in [0.3, 0.4) is 0 Å². The van der Waals surface area contributed by atoms with Crippen LogP contribution in [0.25, 0.3) is 0 Å². The molecule has 0 radical (unpaired) electrons. The van der Waals surface area contributed by atoms with Gasteiger partial charge in [-0.2, -0.15) is 0 Å². The number of guanidine groups is 1. The molecule has 360 valence electrons. The number of rotatable bonds is 9. The van der Waals surface area contributed by atoms with Crippen LogP contribution >= 0.6 is 0 Å². The smallest absolute Gasteiger partial charge is 0.313 e. The molecule has 1 saturated heterocycles. The highest BCUT2D eigenvalue weighted by Crippen LogP contribution is 2.73. The summed E-state index contributed by atoms with van der Waals surface area (Å²) in [6.07, 6.45) is 12.9. The summed E-state index contributed by atoms with van der Waals surface area (Å²) >= 11 is 0. The maximum absolute atomic E-state index is 14.8. The Hall–Kier alpha value is -3.21. The summed E-state index contributed by atoms with van der Waals surface area (Å²) in [5.41, 5.74) is 8.51. The van der Waals surface area contributed by atoms with E-state index in [9.17, 15) is 35.1 Å². The molecule has 1 aromatic heterocycles. The highest BCUT2D eigenvalue weighted by atomic mass is 16.5. The van der Waals surface area contributed by atoms with Crippen molar-refractivity contribution in [3.05, 3.63) is 35.7 Å². The van der Waals surface area contributed by atoms with Gasteiger partial charge in [-0.1, -0.05) is 59.3 Å². The van der Waals surface area contributed by atoms with Crippen LogP contribution in [0.1, 0.15) is 149 Å². The minimum Gasteiger partial charge on any atom is -0.465 e. The van der Waals surface area contributed by atoms with Crippen molar-refractivity contribution < 1.29 is 39.9 Å². The molecule has 17 unspecified atom stereocenters. The van der Waals surface area contributed by atoms with E-state index in [1.165, 1.54) is 0 Å². The Labute approximate surface area is 387 Å². The highest BCUT2D eigenvalue weighted by molar-refractivity contribution is 5.95. The Morgan fingerprint density at radius 2 is 1.75 bits per heavy atom. The van der Waals surface area contributed by atoms with Gasteiger partial charge in [0.05, 0.1) is 42.0 Å². The van der Waals surface area contributed by atoms with Gasteiger partial charge in [-0.05, 0) is 148 Å². The molecule has 5 fully saturated rings. The van der Waals surface area contributed by atoms with Crippen molar-refractivity contribution in [2.24, 2.45) is 92.4 Å². The van der Waals surface area contributed by atoms with Gasteiger partial charge in [0.1, 0.15) is 0 Å². The summed E-state index contributed by atoms with van der Waals surface area (Å²) in [6, 6.07) is 1.95. The normalized spacial score (nSPS) is 44.7. The van der Waals surface area contributed by atoms with Crippen LogP contribution in [0, 0.1) is 87.8 Å². The first kappa shape index (κ1) is 48.3. The minimum absolute atomic E-state index is 0.0102. The maximum Gasteiger partial charge on any atom is 0.313 e. The minimum atomic E-state index is -1.68. The van der Waals surface area contributed by atoms with Crippen molar-refractivity contribution in [2.45, 2.75) is 173 Å². The maximum atomic E-state index is 14.8. The number of cyclic esters (lactones) is 1. The number of allylic oxidation sites excluding steroid dienone is 1. The van der Waals surface area contributed by atoms with Crippen LogP contribution in [0.2, 0.25) is 0 Å². The predicted octanol–water partition coefficient (Wildman–Crippen LogP) is 6.15. The quantitative estimate of drug-likeness (QED) is 0.0611. The number of aliphatic imine (C=N–C) groups is 1. The largest absolute Gasteiger partial charge is 0.465 e. The van der Waals surface area contributed by atoms with Crippen LogP contribution in [-0.4, -0.2) is 90.9 Å². The number of aliphatic hydroxyl groups is 5. The zero-order valence-electron chi connectivity index (χ0n) is 39.8. The van der Waals surface area contributed by atoms with Crippen molar-refractivity contribution >= 4 is 17.7 Å². The molecule has 1 aromatic rings. The van der Waals surface area contributed by atoms with Crippen molar-refractivity contribution in [1.29, 1.82) is 0 Å². The SMILES string of the molecule is CC(C)CCC1CC(C2COC(=O)C2c2cc[nH]c2)C#CCC2CC3(O)C4=CC(=O)C5CC(O)C(O)CC5(C5CCCCC5)C4CCC3(CCN=C(N)N)C2C(C)(O)C(O)CC(C)C1C. The molecule has 8 rings (SSSR count). The first-order chi connectivity index (χ1) is 30.9. The Morgan fingerprint density at radius 1 is 1.00 bits per heavy atom. The fraction of sp³-hybridized carbons (Fsp3) is 0.792. The lowest BCUT2D eigenvalue weighted by Gasteiger charge is -2.64. The fourth-order valence-electron chi connectivity index (χ4n) is 16.0. The second-order valence-corrected chi connectivity index (χ2v) is 23.0. The summed E-state index contributed by atoms with van der Waals surface area (Å²) in [5.74, 6) is 5.49. The van der Waals surface area contributed by atoms with Gasteiger partial charge in [0.25, 0.3) is 0 Å². The average Bonchev–Trinajstić information content (AvgIpc) is 3.99. The molecule has 2 heterocycles. The van der Waals surface area contributed by atoms with E-state index in [1.807, 2.05) is 18.5 Å². The summed E-state index contributed by atoms with van der Waals surface area (Å²) < 4.78 is 5.83. The number of aromatic amines is 1. The van der Waals surface area contributed by atoms with Crippen LogP contribution < -0.4 is 11.5 Å². The number of H-pyrrole nitrogens is 1. The van der Waals surface area contributed by atoms with Crippen LogP contribution in [0.4, 0.5) is 0 Å². The molecule has 0 bridgehead atoms. The number of esters is 1. The lowest BCUT2D eigenvalue weighted by atomic mass is 9.41. The molecule has 10 N–H and O–H groups in total. The molecule has 65 heavy (non-hydrogen) atoms. The number of carbonyl (C=O) groups is 2. The molecule has 6 aliphatic carbocycles. The number of fused-ring (bicyclic) bond motifs is 7. The summed E-state index contributed by atoms with van der Waals surface area (Å²) in [7, 11) is 0. The molecule has 0 spiro atoms. The second kappa shape index (κ2) is 18.7. The average molecular weight is 901 g/mol. The van der Waals surface area contributed by atoms with Gasteiger partial charge in [0.2, 0.25) is 0 Å². The predicted molar refractivity (Wildman–Crippen MR) is 249 cm³/mol. The van der Waals surface area contributed by atoms with E-state index in [1.54, 1.807) is 13.0 Å². The Morgan fingerprint density at radius 3 is 2.45 bits per heavy atom. The highest BCUT2D eigenvalue weighted by Gasteiger charge is 2.74.